The SMILES string of the molecule is CNC(C(=O)N1CCC(c2ccc(Cl)cc2)C(C)(C)C1)C(C)C. The first-order valence-electron chi connectivity index (χ1n) is 8.48. The van der Waals surface area contributed by atoms with Gasteiger partial charge in [-0.2, -0.15) is 0 Å². The first-order valence-corrected chi connectivity index (χ1v) is 8.85. The summed E-state index contributed by atoms with van der Waals surface area (Å²) in [6.07, 6.45) is 0.995. The normalized spacial score (nSPS) is 22.2. The molecule has 23 heavy (non-hydrogen) atoms. The van der Waals surface area contributed by atoms with Gasteiger partial charge in [0.2, 0.25) is 5.91 Å². The van der Waals surface area contributed by atoms with Crippen LogP contribution in [-0.2, 0) is 4.79 Å². The van der Waals surface area contributed by atoms with E-state index in [2.05, 4.69) is 45.1 Å². The van der Waals surface area contributed by atoms with E-state index >= 15 is 0 Å². The monoisotopic (exact) mass is 336 g/mol. The van der Waals surface area contributed by atoms with E-state index in [-0.39, 0.29) is 17.4 Å². The van der Waals surface area contributed by atoms with E-state index in [1.807, 2.05) is 24.1 Å². The van der Waals surface area contributed by atoms with E-state index in [4.69, 9.17) is 11.6 Å². The molecule has 0 radical (unpaired) electrons. The molecule has 1 aliphatic heterocycles. The average molecular weight is 337 g/mol. The number of hydrogen-bond donors (Lipinski definition) is 1. The Labute approximate surface area is 145 Å². The number of likely N-dealkylation sites (N-methyl/N-ethyl adjacent to an activating group) is 1. The summed E-state index contributed by atoms with van der Waals surface area (Å²) in [6.45, 7) is 10.3. The maximum Gasteiger partial charge on any atom is 0.239 e. The lowest BCUT2D eigenvalue weighted by molar-refractivity contribution is -0.138. The highest BCUT2D eigenvalue weighted by atomic mass is 35.5. The van der Waals surface area contributed by atoms with Gasteiger partial charge in [0, 0.05) is 18.1 Å². The zero-order valence-corrected chi connectivity index (χ0v) is 15.7. The zero-order chi connectivity index (χ0) is 17.2. The standard InChI is InChI=1S/C19H29ClN2O/c1-13(2)17(21-5)18(23)22-11-10-16(19(3,4)12-22)14-6-8-15(20)9-7-14/h6-9,13,16-17,21H,10-12H2,1-5H3. The van der Waals surface area contributed by atoms with Gasteiger partial charge in [-0.05, 0) is 48.4 Å². The fraction of sp³-hybridized carbons (Fsp3) is 0.632. The van der Waals surface area contributed by atoms with Crippen LogP contribution >= 0.6 is 11.6 Å². The minimum atomic E-state index is -0.0992. The van der Waals surface area contributed by atoms with E-state index in [0.29, 0.717) is 11.8 Å². The molecule has 1 N–H and O–H groups in total. The van der Waals surface area contributed by atoms with Crippen molar-refractivity contribution in [2.24, 2.45) is 11.3 Å². The van der Waals surface area contributed by atoms with Crippen LogP contribution in [0.5, 0.6) is 0 Å². The van der Waals surface area contributed by atoms with E-state index in [1.54, 1.807) is 0 Å². The first-order chi connectivity index (χ1) is 10.8. The van der Waals surface area contributed by atoms with Crippen LogP contribution in [0.15, 0.2) is 24.3 Å². The second kappa shape index (κ2) is 7.23. The number of piperidine rings is 1. The topological polar surface area (TPSA) is 32.3 Å². The van der Waals surface area contributed by atoms with Gasteiger partial charge in [-0.3, -0.25) is 4.79 Å². The number of likely N-dealkylation sites (tertiary alicyclic amines) is 1. The highest BCUT2D eigenvalue weighted by molar-refractivity contribution is 6.30. The molecule has 1 aromatic rings. The second-order valence-electron chi connectivity index (χ2n) is 7.65. The van der Waals surface area contributed by atoms with Crippen molar-refractivity contribution in [3.05, 3.63) is 34.9 Å². The highest BCUT2D eigenvalue weighted by Crippen LogP contribution is 2.42. The number of carbonyl (C=O) groups is 1. The molecule has 1 fully saturated rings. The number of benzene rings is 1. The minimum Gasteiger partial charge on any atom is -0.341 e. The van der Waals surface area contributed by atoms with Gasteiger partial charge in [-0.1, -0.05) is 51.4 Å². The Morgan fingerprint density at radius 2 is 1.91 bits per heavy atom. The number of carbonyl (C=O) groups excluding carboxylic acids is 1. The van der Waals surface area contributed by atoms with E-state index in [9.17, 15) is 4.79 Å². The van der Waals surface area contributed by atoms with Crippen molar-refractivity contribution in [3.8, 4) is 0 Å². The molecule has 1 amide bonds. The molecule has 2 atom stereocenters. The fourth-order valence-corrected chi connectivity index (χ4v) is 3.92. The second-order valence-corrected chi connectivity index (χ2v) is 8.09. The molecule has 2 unspecified atom stereocenters. The van der Waals surface area contributed by atoms with Crippen molar-refractivity contribution in [2.75, 3.05) is 20.1 Å². The summed E-state index contributed by atoms with van der Waals surface area (Å²) in [5.41, 5.74) is 1.37. The molecule has 4 heteroatoms. The Morgan fingerprint density at radius 1 is 1.30 bits per heavy atom. The molecule has 0 spiro atoms. The van der Waals surface area contributed by atoms with Crippen molar-refractivity contribution in [1.29, 1.82) is 0 Å². The fourth-order valence-electron chi connectivity index (χ4n) is 3.80. The summed E-state index contributed by atoms with van der Waals surface area (Å²) < 4.78 is 0. The molecule has 0 aliphatic carbocycles. The molecule has 0 saturated carbocycles. The number of amides is 1. The quantitative estimate of drug-likeness (QED) is 0.903. The largest absolute Gasteiger partial charge is 0.341 e. The van der Waals surface area contributed by atoms with Crippen LogP contribution in [0.25, 0.3) is 0 Å². The zero-order valence-electron chi connectivity index (χ0n) is 14.9. The predicted octanol–water partition coefficient (Wildman–Crippen LogP) is 3.93. The van der Waals surface area contributed by atoms with Crippen LogP contribution in [0.4, 0.5) is 0 Å². The van der Waals surface area contributed by atoms with Crippen LogP contribution in [0.2, 0.25) is 5.02 Å². The van der Waals surface area contributed by atoms with Crippen molar-refractivity contribution in [2.45, 2.75) is 46.1 Å². The predicted molar refractivity (Wildman–Crippen MR) is 96.9 cm³/mol. The molecular weight excluding hydrogens is 308 g/mol. The molecule has 0 bridgehead atoms. The maximum atomic E-state index is 12.8. The number of nitrogens with one attached hydrogen (secondary N) is 1. The van der Waals surface area contributed by atoms with Crippen molar-refractivity contribution in [1.82, 2.24) is 10.2 Å². The lowest BCUT2D eigenvalue weighted by Gasteiger charge is -2.45. The van der Waals surface area contributed by atoms with Gasteiger partial charge in [0.15, 0.2) is 0 Å². The minimum absolute atomic E-state index is 0.0526. The maximum absolute atomic E-state index is 12.8. The summed E-state index contributed by atoms with van der Waals surface area (Å²) in [7, 11) is 1.87. The van der Waals surface area contributed by atoms with Gasteiger partial charge in [-0.25, -0.2) is 0 Å². The molecule has 1 aliphatic rings. The molecule has 1 aromatic carbocycles. The number of nitrogens with zero attached hydrogens (tertiary/aromatic N) is 1. The van der Waals surface area contributed by atoms with Crippen LogP contribution in [0.3, 0.4) is 0 Å². The third kappa shape index (κ3) is 4.07. The lowest BCUT2D eigenvalue weighted by Crippen LogP contribution is -2.54. The van der Waals surface area contributed by atoms with Gasteiger partial charge >= 0.3 is 0 Å². The van der Waals surface area contributed by atoms with Gasteiger partial charge in [0.1, 0.15) is 0 Å². The van der Waals surface area contributed by atoms with Crippen molar-refractivity contribution >= 4 is 17.5 Å². The molecule has 1 saturated heterocycles. The Morgan fingerprint density at radius 3 is 2.39 bits per heavy atom. The van der Waals surface area contributed by atoms with E-state index in [1.165, 1.54) is 5.56 Å². The highest BCUT2D eigenvalue weighted by Gasteiger charge is 2.39. The Bertz CT molecular complexity index is 539. The van der Waals surface area contributed by atoms with Crippen molar-refractivity contribution < 1.29 is 4.79 Å². The lowest BCUT2D eigenvalue weighted by atomic mass is 9.70. The third-order valence-electron chi connectivity index (χ3n) is 5.06. The van der Waals surface area contributed by atoms with Crippen LogP contribution < -0.4 is 5.32 Å². The smallest absolute Gasteiger partial charge is 0.239 e. The van der Waals surface area contributed by atoms with Gasteiger partial charge < -0.3 is 10.2 Å². The van der Waals surface area contributed by atoms with Gasteiger partial charge in [-0.15, -0.1) is 0 Å². The number of halogens is 1. The number of hydrogen-bond acceptors (Lipinski definition) is 2. The van der Waals surface area contributed by atoms with Gasteiger partial charge in [0.25, 0.3) is 0 Å². The van der Waals surface area contributed by atoms with Crippen LogP contribution in [0, 0.1) is 11.3 Å². The summed E-state index contributed by atoms with van der Waals surface area (Å²) in [5, 5.41) is 3.94. The molecule has 128 valence electrons. The van der Waals surface area contributed by atoms with Crippen LogP contribution in [-0.4, -0.2) is 37.0 Å². The Balaban J connectivity index is 2.13. The summed E-state index contributed by atoms with van der Waals surface area (Å²) in [4.78, 5) is 14.8. The van der Waals surface area contributed by atoms with E-state index in [0.717, 1.165) is 24.5 Å². The van der Waals surface area contributed by atoms with Crippen molar-refractivity contribution in [3.63, 3.8) is 0 Å². The molecular formula is C19H29ClN2O. The van der Waals surface area contributed by atoms with Gasteiger partial charge in [0.05, 0.1) is 6.04 Å². The number of rotatable bonds is 4. The Hall–Kier alpha value is -1.06. The van der Waals surface area contributed by atoms with E-state index < -0.39 is 0 Å². The average Bonchev–Trinajstić information content (AvgIpc) is 2.47. The van der Waals surface area contributed by atoms with Crippen LogP contribution in [0.1, 0.15) is 45.6 Å². The molecule has 0 aromatic heterocycles. The first kappa shape index (κ1) is 18.3. The molecule has 1 heterocycles. The molecule has 3 nitrogen and oxygen atoms in total. The summed E-state index contributed by atoms with van der Waals surface area (Å²) >= 11 is 6.01. The molecule has 2 rings (SSSR count). The Kier molecular flexibility index (Phi) is 5.74. The summed E-state index contributed by atoms with van der Waals surface area (Å²) in [5.74, 6) is 0.977. The summed E-state index contributed by atoms with van der Waals surface area (Å²) in [6, 6.07) is 8.06. The third-order valence-corrected chi connectivity index (χ3v) is 5.31.